The Morgan fingerprint density at radius 3 is 2.70 bits per heavy atom. The summed E-state index contributed by atoms with van der Waals surface area (Å²) in [4.78, 5) is 33.6. The number of aliphatic hydroxyl groups is 1. The number of carbonyl (C=O) groups is 2. The molecule has 7 nitrogen and oxygen atoms in total. The molecular formula is C26H25N3O4. The van der Waals surface area contributed by atoms with Crippen LogP contribution >= 0.6 is 0 Å². The number of H-pyrrole nitrogens is 1. The van der Waals surface area contributed by atoms with Gasteiger partial charge in [0.1, 0.15) is 5.58 Å². The summed E-state index contributed by atoms with van der Waals surface area (Å²) < 4.78 is 5.79. The Labute approximate surface area is 190 Å². The van der Waals surface area contributed by atoms with Gasteiger partial charge < -0.3 is 24.3 Å². The quantitative estimate of drug-likeness (QED) is 0.412. The number of aliphatic hydroxyl groups excluding tert-OH is 1. The third-order valence-corrected chi connectivity index (χ3v) is 6.12. The average molecular weight is 444 g/mol. The normalized spacial score (nSPS) is 16.6. The van der Waals surface area contributed by atoms with Crippen molar-refractivity contribution in [2.45, 2.75) is 12.5 Å². The number of para-hydroxylation sites is 2. The monoisotopic (exact) mass is 443 g/mol. The van der Waals surface area contributed by atoms with Crippen LogP contribution in [0.2, 0.25) is 0 Å². The van der Waals surface area contributed by atoms with Gasteiger partial charge in [-0.25, -0.2) is 0 Å². The molecule has 0 spiro atoms. The SMILES string of the molecule is CN(C)CCCN1C(=O)C(O)=C(C(=O)c2cc3ccccc3o2)C1c1c[nH]c2ccccc12. The lowest BCUT2D eigenvalue weighted by molar-refractivity contribution is -0.129. The summed E-state index contributed by atoms with van der Waals surface area (Å²) in [5.41, 5.74) is 2.30. The summed E-state index contributed by atoms with van der Waals surface area (Å²) >= 11 is 0. The first-order valence-corrected chi connectivity index (χ1v) is 10.9. The van der Waals surface area contributed by atoms with Crippen LogP contribution in [0.5, 0.6) is 0 Å². The summed E-state index contributed by atoms with van der Waals surface area (Å²) in [7, 11) is 3.93. The number of hydrogen-bond acceptors (Lipinski definition) is 5. The van der Waals surface area contributed by atoms with Crippen LogP contribution in [-0.4, -0.2) is 58.8 Å². The van der Waals surface area contributed by atoms with Gasteiger partial charge in [0.05, 0.1) is 11.6 Å². The predicted molar refractivity (Wildman–Crippen MR) is 126 cm³/mol. The fourth-order valence-corrected chi connectivity index (χ4v) is 4.54. The molecule has 0 saturated carbocycles. The van der Waals surface area contributed by atoms with Crippen LogP contribution < -0.4 is 0 Å². The molecule has 0 fully saturated rings. The summed E-state index contributed by atoms with van der Waals surface area (Å²) in [6.45, 7) is 1.18. The van der Waals surface area contributed by atoms with Crippen LogP contribution in [0.4, 0.5) is 0 Å². The summed E-state index contributed by atoms with van der Waals surface area (Å²) in [5.74, 6) is -1.43. The molecule has 0 radical (unpaired) electrons. The van der Waals surface area contributed by atoms with Crippen molar-refractivity contribution in [1.82, 2.24) is 14.8 Å². The fourth-order valence-electron chi connectivity index (χ4n) is 4.54. The van der Waals surface area contributed by atoms with Crippen molar-refractivity contribution >= 4 is 33.6 Å². The van der Waals surface area contributed by atoms with Gasteiger partial charge in [0, 0.05) is 34.6 Å². The van der Waals surface area contributed by atoms with Gasteiger partial charge in [0.25, 0.3) is 5.91 Å². The first-order chi connectivity index (χ1) is 16.0. The number of nitrogens with zero attached hydrogens (tertiary/aromatic N) is 2. The van der Waals surface area contributed by atoms with Gasteiger partial charge in [-0.2, -0.15) is 0 Å². The lowest BCUT2D eigenvalue weighted by atomic mass is 9.94. The topological polar surface area (TPSA) is 89.8 Å². The number of Topliss-reactive ketones (excluding diaryl/α,β-unsaturated/α-hetero) is 1. The highest BCUT2D eigenvalue weighted by Crippen LogP contribution is 2.42. The van der Waals surface area contributed by atoms with Gasteiger partial charge in [0.2, 0.25) is 5.78 Å². The van der Waals surface area contributed by atoms with Crippen LogP contribution in [0.1, 0.15) is 28.6 Å². The molecular weight excluding hydrogens is 418 g/mol. The number of fused-ring (bicyclic) bond motifs is 2. The first-order valence-electron chi connectivity index (χ1n) is 10.9. The zero-order valence-corrected chi connectivity index (χ0v) is 18.5. The van der Waals surface area contributed by atoms with E-state index in [9.17, 15) is 14.7 Å². The van der Waals surface area contributed by atoms with Crippen molar-refractivity contribution in [3.63, 3.8) is 0 Å². The largest absolute Gasteiger partial charge is 0.503 e. The molecule has 3 heterocycles. The highest BCUT2D eigenvalue weighted by molar-refractivity contribution is 6.16. The molecule has 0 bridgehead atoms. The Balaban J connectivity index is 1.60. The molecule has 0 aliphatic carbocycles. The Kier molecular flexibility index (Phi) is 5.26. The molecule has 1 aliphatic rings. The Morgan fingerprint density at radius 2 is 1.91 bits per heavy atom. The van der Waals surface area contributed by atoms with Crippen LogP contribution in [0.15, 0.2) is 76.5 Å². The molecule has 33 heavy (non-hydrogen) atoms. The van der Waals surface area contributed by atoms with E-state index in [1.807, 2.05) is 67.7 Å². The minimum absolute atomic E-state index is 0.0497. The second-order valence-electron chi connectivity index (χ2n) is 8.59. The van der Waals surface area contributed by atoms with Gasteiger partial charge in [-0.3, -0.25) is 9.59 Å². The van der Waals surface area contributed by atoms with Crippen LogP contribution in [0.3, 0.4) is 0 Å². The van der Waals surface area contributed by atoms with E-state index in [1.165, 1.54) is 0 Å². The molecule has 0 saturated heterocycles. The lowest BCUT2D eigenvalue weighted by Gasteiger charge is -2.26. The van der Waals surface area contributed by atoms with E-state index < -0.39 is 23.5 Å². The number of carbonyl (C=O) groups excluding carboxylic acids is 2. The van der Waals surface area contributed by atoms with Crippen LogP contribution in [-0.2, 0) is 4.79 Å². The van der Waals surface area contributed by atoms with Crippen molar-refractivity contribution in [2.75, 3.05) is 27.2 Å². The van der Waals surface area contributed by atoms with Crippen molar-refractivity contribution in [3.8, 4) is 0 Å². The molecule has 1 aliphatic heterocycles. The van der Waals surface area contributed by atoms with Crippen molar-refractivity contribution in [3.05, 3.63) is 83.5 Å². The van der Waals surface area contributed by atoms with Gasteiger partial charge in [-0.15, -0.1) is 0 Å². The van der Waals surface area contributed by atoms with E-state index in [0.717, 1.165) is 28.4 Å². The smallest absolute Gasteiger partial charge is 0.290 e. The Hall–Kier alpha value is -3.84. The van der Waals surface area contributed by atoms with E-state index in [-0.39, 0.29) is 11.3 Å². The molecule has 4 aromatic rings. The molecule has 2 N–H and O–H groups in total. The number of hydrogen-bond donors (Lipinski definition) is 2. The van der Waals surface area contributed by atoms with Gasteiger partial charge in [-0.1, -0.05) is 36.4 Å². The number of rotatable bonds is 7. The zero-order chi connectivity index (χ0) is 23.1. The van der Waals surface area contributed by atoms with Gasteiger partial charge in [-0.05, 0) is 45.3 Å². The maximum Gasteiger partial charge on any atom is 0.290 e. The molecule has 1 amide bonds. The number of aromatic amines is 1. The molecule has 5 rings (SSSR count). The summed E-state index contributed by atoms with van der Waals surface area (Å²) in [6.07, 6.45) is 2.52. The van der Waals surface area contributed by atoms with Gasteiger partial charge >= 0.3 is 0 Å². The van der Waals surface area contributed by atoms with E-state index in [2.05, 4.69) is 4.98 Å². The van der Waals surface area contributed by atoms with Gasteiger partial charge in [0.15, 0.2) is 11.5 Å². The summed E-state index contributed by atoms with van der Waals surface area (Å²) in [6, 6.07) is 16.0. The molecule has 2 aromatic carbocycles. The van der Waals surface area contributed by atoms with Crippen molar-refractivity contribution in [2.24, 2.45) is 0 Å². The maximum absolute atomic E-state index is 13.6. The zero-order valence-electron chi connectivity index (χ0n) is 18.5. The third kappa shape index (κ3) is 3.60. The van der Waals surface area contributed by atoms with E-state index in [1.54, 1.807) is 17.0 Å². The minimum atomic E-state index is -0.712. The lowest BCUT2D eigenvalue weighted by Crippen LogP contribution is -2.33. The third-order valence-electron chi connectivity index (χ3n) is 6.12. The second kappa shape index (κ2) is 8.26. The highest BCUT2D eigenvalue weighted by atomic mass is 16.3. The minimum Gasteiger partial charge on any atom is -0.503 e. The molecule has 1 atom stereocenters. The second-order valence-corrected chi connectivity index (χ2v) is 8.59. The van der Waals surface area contributed by atoms with Crippen molar-refractivity contribution < 1.29 is 19.1 Å². The number of furan rings is 1. The van der Waals surface area contributed by atoms with Crippen LogP contribution in [0.25, 0.3) is 21.9 Å². The summed E-state index contributed by atoms with van der Waals surface area (Å²) in [5, 5.41) is 12.6. The number of aromatic nitrogens is 1. The molecule has 1 unspecified atom stereocenters. The Morgan fingerprint density at radius 1 is 1.15 bits per heavy atom. The standard InChI is InChI=1S/C26H25N3O4/c1-28(2)12-7-13-29-23(18-15-27-19-10-5-4-9-17(18)19)22(25(31)26(29)32)24(30)21-14-16-8-3-6-11-20(16)33-21/h3-6,8-11,14-15,23,27,31H,7,12-13H2,1-2H3. The number of nitrogens with one attached hydrogen (secondary N) is 1. The Bertz CT molecular complexity index is 1360. The van der Waals surface area contributed by atoms with E-state index >= 15 is 0 Å². The first kappa shape index (κ1) is 21.0. The number of benzene rings is 2. The van der Waals surface area contributed by atoms with E-state index in [4.69, 9.17) is 4.42 Å². The molecule has 2 aromatic heterocycles. The van der Waals surface area contributed by atoms with Crippen LogP contribution in [0, 0.1) is 0 Å². The number of ketones is 1. The fraction of sp³-hybridized carbons (Fsp3) is 0.231. The highest BCUT2D eigenvalue weighted by Gasteiger charge is 2.45. The maximum atomic E-state index is 13.6. The predicted octanol–water partition coefficient (Wildman–Crippen LogP) is 4.44. The molecule has 168 valence electrons. The van der Waals surface area contributed by atoms with Crippen molar-refractivity contribution in [1.29, 1.82) is 0 Å². The molecule has 7 heteroatoms. The number of amides is 1. The average Bonchev–Trinajstić information content (AvgIpc) is 3.49. The van der Waals surface area contributed by atoms with E-state index in [0.29, 0.717) is 18.5 Å².